The Balaban J connectivity index is 2.86. The van der Waals surface area contributed by atoms with Crippen LogP contribution in [0.2, 0.25) is 0 Å². The fourth-order valence-corrected chi connectivity index (χ4v) is 0.806. The number of nitrogens with zero attached hydrogens (tertiary/aromatic N) is 1. The molecule has 0 unspecified atom stereocenters. The molecule has 0 saturated carbocycles. The molecule has 3 heteroatoms. The van der Waals surface area contributed by atoms with Gasteiger partial charge in [0.25, 0.3) is 0 Å². The van der Waals surface area contributed by atoms with Crippen LogP contribution in [0.25, 0.3) is 6.08 Å². The summed E-state index contributed by atoms with van der Waals surface area (Å²) in [5.41, 5.74) is 0.550. The standard InChI is InChI=1S/C8H8FNS/c9-8-6-10-4-3-7(8)2-1-5-11/h1-4,6,11H,5H2. The first-order valence-electron chi connectivity index (χ1n) is 3.21. The largest absolute Gasteiger partial charge is 0.262 e. The van der Waals surface area contributed by atoms with Crippen molar-refractivity contribution in [1.82, 2.24) is 4.98 Å². The highest BCUT2D eigenvalue weighted by Crippen LogP contribution is 2.05. The van der Waals surface area contributed by atoms with Crippen molar-refractivity contribution in [3.05, 3.63) is 35.9 Å². The number of thiol groups is 1. The second kappa shape index (κ2) is 4.13. The van der Waals surface area contributed by atoms with Crippen LogP contribution >= 0.6 is 12.6 Å². The molecule has 1 rings (SSSR count). The van der Waals surface area contributed by atoms with Crippen LogP contribution in [0.15, 0.2) is 24.5 Å². The predicted octanol–water partition coefficient (Wildman–Crippen LogP) is 2.16. The SMILES string of the molecule is Fc1cnccc1C=CCS. The van der Waals surface area contributed by atoms with Crippen molar-refractivity contribution in [2.45, 2.75) is 0 Å². The lowest BCUT2D eigenvalue weighted by Gasteiger charge is -1.92. The van der Waals surface area contributed by atoms with E-state index in [2.05, 4.69) is 17.6 Å². The molecule has 0 spiro atoms. The number of pyridine rings is 1. The van der Waals surface area contributed by atoms with Gasteiger partial charge in [-0.05, 0) is 6.07 Å². The van der Waals surface area contributed by atoms with E-state index in [1.54, 1.807) is 24.4 Å². The molecule has 0 bridgehead atoms. The van der Waals surface area contributed by atoms with E-state index in [-0.39, 0.29) is 5.82 Å². The quantitative estimate of drug-likeness (QED) is 0.669. The molecule has 1 heterocycles. The summed E-state index contributed by atoms with van der Waals surface area (Å²) in [7, 11) is 0. The third-order valence-corrected chi connectivity index (χ3v) is 1.42. The van der Waals surface area contributed by atoms with Gasteiger partial charge >= 0.3 is 0 Å². The molecular weight excluding hydrogens is 161 g/mol. The highest BCUT2D eigenvalue weighted by atomic mass is 32.1. The third-order valence-electron chi connectivity index (χ3n) is 1.21. The van der Waals surface area contributed by atoms with Gasteiger partial charge in [0.2, 0.25) is 0 Å². The average molecular weight is 169 g/mol. The molecular formula is C8H8FNS. The molecule has 0 amide bonds. The van der Waals surface area contributed by atoms with Crippen LogP contribution in [-0.4, -0.2) is 10.7 Å². The van der Waals surface area contributed by atoms with Crippen LogP contribution in [0.1, 0.15) is 5.56 Å². The summed E-state index contributed by atoms with van der Waals surface area (Å²) in [6.45, 7) is 0. The fourth-order valence-electron chi connectivity index (χ4n) is 0.701. The van der Waals surface area contributed by atoms with E-state index in [1.807, 2.05) is 0 Å². The topological polar surface area (TPSA) is 12.9 Å². The Kier molecular flexibility index (Phi) is 3.11. The lowest BCUT2D eigenvalue weighted by molar-refractivity contribution is 0.618. The first-order valence-corrected chi connectivity index (χ1v) is 3.85. The predicted molar refractivity (Wildman–Crippen MR) is 47.1 cm³/mol. The maximum absolute atomic E-state index is 12.8. The minimum Gasteiger partial charge on any atom is -0.262 e. The Morgan fingerprint density at radius 1 is 1.64 bits per heavy atom. The van der Waals surface area contributed by atoms with E-state index in [4.69, 9.17) is 0 Å². The van der Waals surface area contributed by atoms with Gasteiger partial charge in [0, 0.05) is 17.5 Å². The lowest BCUT2D eigenvalue weighted by atomic mass is 10.2. The van der Waals surface area contributed by atoms with Gasteiger partial charge in [-0.3, -0.25) is 4.98 Å². The van der Waals surface area contributed by atoms with Gasteiger partial charge in [-0.2, -0.15) is 12.6 Å². The molecule has 0 atom stereocenters. The molecule has 0 aliphatic carbocycles. The van der Waals surface area contributed by atoms with Gasteiger partial charge in [0.1, 0.15) is 5.82 Å². The van der Waals surface area contributed by atoms with Gasteiger partial charge in [-0.1, -0.05) is 12.2 Å². The second-order valence-corrected chi connectivity index (χ2v) is 2.35. The monoisotopic (exact) mass is 169 g/mol. The van der Waals surface area contributed by atoms with Gasteiger partial charge in [-0.15, -0.1) is 0 Å². The normalized spacial score (nSPS) is 10.7. The van der Waals surface area contributed by atoms with E-state index < -0.39 is 0 Å². The zero-order valence-electron chi connectivity index (χ0n) is 5.87. The number of halogens is 1. The van der Waals surface area contributed by atoms with Crippen molar-refractivity contribution in [1.29, 1.82) is 0 Å². The Morgan fingerprint density at radius 2 is 2.45 bits per heavy atom. The zero-order chi connectivity index (χ0) is 8.10. The molecule has 0 fully saturated rings. The molecule has 0 radical (unpaired) electrons. The van der Waals surface area contributed by atoms with Crippen molar-refractivity contribution >= 4 is 18.7 Å². The second-order valence-electron chi connectivity index (χ2n) is 1.98. The Bertz CT molecular complexity index is 260. The van der Waals surface area contributed by atoms with Crippen LogP contribution in [-0.2, 0) is 0 Å². The summed E-state index contributed by atoms with van der Waals surface area (Å²) in [5, 5.41) is 0. The van der Waals surface area contributed by atoms with E-state index >= 15 is 0 Å². The molecule has 0 N–H and O–H groups in total. The zero-order valence-corrected chi connectivity index (χ0v) is 6.76. The average Bonchev–Trinajstić information content (AvgIpc) is 2.03. The highest BCUT2D eigenvalue weighted by Gasteiger charge is 1.94. The summed E-state index contributed by atoms with van der Waals surface area (Å²) >= 11 is 3.96. The number of hydrogen-bond donors (Lipinski definition) is 1. The van der Waals surface area contributed by atoms with Crippen molar-refractivity contribution in [3.8, 4) is 0 Å². The van der Waals surface area contributed by atoms with Gasteiger partial charge in [-0.25, -0.2) is 4.39 Å². The van der Waals surface area contributed by atoms with Crippen LogP contribution in [0.3, 0.4) is 0 Å². The summed E-state index contributed by atoms with van der Waals surface area (Å²) in [6.07, 6.45) is 6.21. The van der Waals surface area contributed by atoms with Crippen LogP contribution < -0.4 is 0 Å². The molecule has 11 heavy (non-hydrogen) atoms. The van der Waals surface area contributed by atoms with Crippen molar-refractivity contribution in [2.75, 3.05) is 5.75 Å². The molecule has 1 aromatic heterocycles. The molecule has 1 nitrogen and oxygen atoms in total. The van der Waals surface area contributed by atoms with Crippen LogP contribution in [0, 0.1) is 5.82 Å². The third kappa shape index (κ3) is 2.35. The molecule has 0 aliphatic heterocycles. The number of hydrogen-bond acceptors (Lipinski definition) is 2. The van der Waals surface area contributed by atoms with Crippen molar-refractivity contribution in [2.24, 2.45) is 0 Å². The Morgan fingerprint density at radius 3 is 3.09 bits per heavy atom. The Hall–Kier alpha value is -0.830. The summed E-state index contributed by atoms with van der Waals surface area (Å²) < 4.78 is 12.8. The number of rotatable bonds is 2. The van der Waals surface area contributed by atoms with E-state index in [9.17, 15) is 4.39 Å². The van der Waals surface area contributed by atoms with E-state index in [0.717, 1.165) is 0 Å². The van der Waals surface area contributed by atoms with Crippen molar-refractivity contribution < 1.29 is 4.39 Å². The molecule has 58 valence electrons. The fraction of sp³-hybridized carbons (Fsp3) is 0.125. The minimum absolute atomic E-state index is 0.300. The first-order chi connectivity index (χ1) is 5.34. The Labute approximate surface area is 70.4 Å². The lowest BCUT2D eigenvalue weighted by Crippen LogP contribution is -1.82. The molecule has 0 aromatic carbocycles. The molecule has 0 aliphatic rings. The van der Waals surface area contributed by atoms with Gasteiger partial charge in [0.05, 0.1) is 6.20 Å². The maximum atomic E-state index is 12.8. The summed E-state index contributed by atoms with van der Waals surface area (Å²) in [6, 6.07) is 1.62. The number of aromatic nitrogens is 1. The van der Waals surface area contributed by atoms with Gasteiger partial charge < -0.3 is 0 Å². The summed E-state index contributed by atoms with van der Waals surface area (Å²) in [5.74, 6) is 0.312. The van der Waals surface area contributed by atoms with Crippen molar-refractivity contribution in [3.63, 3.8) is 0 Å². The maximum Gasteiger partial charge on any atom is 0.148 e. The smallest absolute Gasteiger partial charge is 0.148 e. The molecule has 1 aromatic rings. The van der Waals surface area contributed by atoms with Gasteiger partial charge in [0.15, 0.2) is 0 Å². The summed E-state index contributed by atoms with van der Waals surface area (Å²) in [4.78, 5) is 3.63. The van der Waals surface area contributed by atoms with Crippen LogP contribution in [0.5, 0.6) is 0 Å². The molecule has 0 saturated heterocycles. The first kappa shape index (κ1) is 8.27. The van der Waals surface area contributed by atoms with E-state index in [0.29, 0.717) is 11.3 Å². The highest BCUT2D eigenvalue weighted by molar-refractivity contribution is 7.80. The minimum atomic E-state index is -0.300. The van der Waals surface area contributed by atoms with E-state index in [1.165, 1.54) is 6.20 Å². The van der Waals surface area contributed by atoms with Crippen LogP contribution in [0.4, 0.5) is 4.39 Å².